The van der Waals surface area contributed by atoms with E-state index in [1.807, 2.05) is 0 Å². The number of nitrogens with zero attached hydrogens (tertiary/aromatic N) is 2. The van der Waals surface area contributed by atoms with Gasteiger partial charge in [0.05, 0.1) is 0 Å². The van der Waals surface area contributed by atoms with E-state index in [4.69, 9.17) is 4.74 Å². The fourth-order valence-corrected chi connectivity index (χ4v) is 3.42. The molecule has 1 aromatic heterocycles. The van der Waals surface area contributed by atoms with Crippen LogP contribution in [0.25, 0.3) is 5.69 Å². The number of para-hydroxylation sites is 1. The van der Waals surface area contributed by atoms with Gasteiger partial charge in [0.15, 0.2) is 5.69 Å². The number of carbonyl (C=O) groups excluding carboxylic acids is 1. The lowest BCUT2D eigenvalue weighted by atomic mass is 10.1. The summed E-state index contributed by atoms with van der Waals surface area (Å²) in [4.78, 5) is 24.1. The van der Waals surface area contributed by atoms with E-state index in [1.54, 1.807) is 19.1 Å². The van der Waals surface area contributed by atoms with Crippen molar-refractivity contribution < 1.29 is 23.8 Å². The number of aliphatic carboxylic acids is 1. The molecule has 2 aromatic rings. The summed E-state index contributed by atoms with van der Waals surface area (Å²) in [5.74, 6) is -2.12. The van der Waals surface area contributed by atoms with Crippen molar-refractivity contribution in [2.75, 3.05) is 13.7 Å². The number of hydrogen-bond acceptors (Lipinski definition) is 4. The lowest BCUT2D eigenvalue weighted by Crippen LogP contribution is -2.42. The molecule has 1 heterocycles. The van der Waals surface area contributed by atoms with Gasteiger partial charge in [0.25, 0.3) is 5.91 Å². The molecule has 1 amide bonds. The van der Waals surface area contributed by atoms with Crippen LogP contribution >= 0.6 is 0 Å². The van der Waals surface area contributed by atoms with E-state index in [9.17, 15) is 19.1 Å². The maximum absolute atomic E-state index is 14.4. The predicted molar refractivity (Wildman–Crippen MR) is 95.7 cm³/mol. The molecule has 8 heteroatoms. The average Bonchev–Trinajstić information content (AvgIpc) is 3.21. The minimum atomic E-state index is -1.14. The van der Waals surface area contributed by atoms with Crippen molar-refractivity contribution in [3.05, 3.63) is 46.5 Å². The summed E-state index contributed by atoms with van der Waals surface area (Å²) < 4.78 is 20.8. The second-order valence-corrected chi connectivity index (χ2v) is 6.59. The monoisotopic (exact) mass is 375 g/mol. The van der Waals surface area contributed by atoms with Crippen LogP contribution in [0.4, 0.5) is 4.39 Å². The zero-order chi connectivity index (χ0) is 19.6. The van der Waals surface area contributed by atoms with Gasteiger partial charge in [-0.1, -0.05) is 12.1 Å². The number of aryl methyl sites for hydroxylation is 1. The summed E-state index contributed by atoms with van der Waals surface area (Å²) in [6, 6.07) is 3.69. The Labute approximate surface area is 156 Å². The number of carboxylic acids is 1. The molecule has 1 aromatic carbocycles. The summed E-state index contributed by atoms with van der Waals surface area (Å²) >= 11 is 0. The Morgan fingerprint density at radius 3 is 2.85 bits per heavy atom. The molecule has 1 aliphatic carbocycles. The third kappa shape index (κ3) is 3.71. The van der Waals surface area contributed by atoms with Crippen LogP contribution in [0.2, 0.25) is 0 Å². The molecule has 1 atom stereocenters. The van der Waals surface area contributed by atoms with E-state index in [1.165, 1.54) is 17.9 Å². The average molecular weight is 375 g/mol. The van der Waals surface area contributed by atoms with Crippen LogP contribution in [-0.4, -0.2) is 46.5 Å². The van der Waals surface area contributed by atoms with E-state index < -0.39 is 23.7 Å². The smallest absolute Gasteiger partial charge is 0.326 e. The molecule has 0 bridgehead atoms. The van der Waals surface area contributed by atoms with E-state index >= 15 is 0 Å². The van der Waals surface area contributed by atoms with Crippen LogP contribution < -0.4 is 5.32 Å². The number of aromatic nitrogens is 2. The minimum absolute atomic E-state index is 0.146. The molecule has 7 nitrogen and oxygen atoms in total. The first-order valence-electron chi connectivity index (χ1n) is 8.83. The largest absolute Gasteiger partial charge is 0.480 e. The van der Waals surface area contributed by atoms with Crippen LogP contribution in [-0.2, 0) is 22.4 Å². The van der Waals surface area contributed by atoms with Gasteiger partial charge in [0.1, 0.15) is 17.5 Å². The Hall–Kier alpha value is -2.74. The fraction of sp³-hybridized carbons (Fsp3) is 0.421. The van der Waals surface area contributed by atoms with Gasteiger partial charge in [-0.3, -0.25) is 4.79 Å². The Bertz CT molecular complexity index is 858. The quantitative estimate of drug-likeness (QED) is 0.772. The summed E-state index contributed by atoms with van der Waals surface area (Å²) in [5, 5.41) is 16.2. The Balaban J connectivity index is 1.96. The van der Waals surface area contributed by atoms with Gasteiger partial charge in [0.2, 0.25) is 0 Å². The van der Waals surface area contributed by atoms with Gasteiger partial charge in [-0.15, -0.1) is 0 Å². The lowest BCUT2D eigenvalue weighted by molar-refractivity contribution is -0.139. The molecular formula is C19H22FN3O4. The Morgan fingerprint density at radius 2 is 2.19 bits per heavy atom. The second kappa shape index (κ2) is 7.87. The maximum Gasteiger partial charge on any atom is 0.326 e. The number of methoxy groups -OCH3 is 1. The predicted octanol–water partition coefficient (Wildman–Crippen LogP) is 2.03. The topological polar surface area (TPSA) is 93.5 Å². The van der Waals surface area contributed by atoms with Crippen molar-refractivity contribution in [3.63, 3.8) is 0 Å². The third-order valence-corrected chi connectivity index (χ3v) is 4.76. The van der Waals surface area contributed by atoms with Crippen molar-refractivity contribution in [1.82, 2.24) is 15.1 Å². The first kappa shape index (κ1) is 19.0. The van der Waals surface area contributed by atoms with Gasteiger partial charge in [-0.25, -0.2) is 13.9 Å². The summed E-state index contributed by atoms with van der Waals surface area (Å²) in [5.41, 5.74) is 2.75. The number of nitrogens with one attached hydrogen (secondary N) is 1. The van der Waals surface area contributed by atoms with Gasteiger partial charge in [0, 0.05) is 31.4 Å². The van der Waals surface area contributed by atoms with Crippen molar-refractivity contribution in [2.45, 2.75) is 38.6 Å². The number of ether oxygens (including phenoxy) is 1. The molecule has 0 saturated carbocycles. The Kier molecular flexibility index (Phi) is 5.55. The first-order valence-corrected chi connectivity index (χ1v) is 8.83. The molecule has 1 unspecified atom stereocenters. The van der Waals surface area contributed by atoms with Crippen molar-refractivity contribution in [1.29, 1.82) is 0 Å². The van der Waals surface area contributed by atoms with Crippen molar-refractivity contribution >= 4 is 11.9 Å². The highest BCUT2D eigenvalue weighted by molar-refractivity contribution is 5.96. The fourth-order valence-electron chi connectivity index (χ4n) is 3.42. The zero-order valence-electron chi connectivity index (χ0n) is 15.3. The molecule has 0 spiro atoms. The van der Waals surface area contributed by atoms with Gasteiger partial charge in [-0.2, -0.15) is 5.10 Å². The van der Waals surface area contributed by atoms with Crippen molar-refractivity contribution in [3.8, 4) is 5.69 Å². The number of hydrogen-bond donors (Lipinski definition) is 2. The zero-order valence-corrected chi connectivity index (χ0v) is 15.3. The van der Waals surface area contributed by atoms with E-state index in [-0.39, 0.29) is 18.7 Å². The summed E-state index contributed by atoms with van der Waals surface area (Å²) in [6.45, 7) is 1.99. The van der Waals surface area contributed by atoms with Crippen LogP contribution in [0.15, 0.2) is 18.2 Å². The highest BCUT2D eigenvalue weighted by Crippen LogP contribution is 2.30. The van der Waals surface area contributed by atoms with Gasteiger partial charge >= 0.3 is 5.97 Å². The molecule has 0 fully saturated rings. The van der Waals surface area contributed by atoms with Crippen LogP contribution in [0.3, 0.4) is 0 Å². The van der Waals surface area contributed by atoms with Crippen LogP contribution in [0, 0.1) is 12.7 Å². The SMILES string of the molecule is COCCC(NC(=O)c1nn(-c2c(C)cccc2F)c2c1CCC2)C(=O)O. The highest BCUT2D eigenvalue weighted by Gasteiger charge is 2.30. The summed E-state index contributed by atoms with van der Waals surface area (Å²) in [6.07, 6.45) is 2.33. The highest BCUT2D eigenvalue weighted by atomic mass is 19.1. The van der Waals surface area contributed by atoms with Crippen LogP contribution in [0.5, 0.6) is 0 Å². The third-order valence-electron chi connectivity index (χ3n) is 4.76. The first-order chi connectivity index (χ1) is 12.9. The number of fused-ring (bicyclic) bond motifs is 1. The summed E-state index contributed by atoms with van der Waals surface area (Å²) in [7, 11) is 1.46. The molecule has 27 heavy (non-hydrogen) atoms. The molecule has 1 aliphatic rings. The van der Waals surface area contributed by atoms with Gasteiger partial charge < -0.3 is 15.2 Å². The van der Waals surface area contributed by atoms with Crippen molar-refractivity contribution in [2.24, 2.45) is 0 Å². The normalized spacial score (nSPS) is 14.0. The maximum atomic E-state index is 14.4. The lowest BCUT2D eigenvalue weighted by Gasteiger charge is -2.13. The molecule has 0 saturated heterocycles. The van der Waals surface area contributed by atoms with E-state index in [2.05, 4.69) is 10.4 Å². The Morgan fingerprint density at radius 1 is 1.41 bits per heavy atom. The molecule has 2 N–H and O–H groups in total. The number of benzene rings is 1. The van der Waals surface area contributed by atoms with E-state index in [0.29, 0.717) is 24.1 Å². The molecule has 0 aliphatic heterocycles. The number of halogens is 1. The minimum Gasteiger partial charge on any atom is -0.480 e. The molecule has 3 rings (SSSR count). The molecular weight excluding hydrogens is 353 g/mol. The standard InChI is InChI=1S/C19H22FN3O4/c1-11-5-3-7-13(20)17(11)23-15-8-4-6-12(15)16(22-23)18(24)21-14(19(25)26)9-10-27-2/h3,5,7,14H,4,6,8-10H2,1-2H3,(H,21,24)(H,25,26). The number of carboxylic acid groups (broad SMARTS) is 1. The number of amides is 1. The second-order valence-electron chi connectivity index (χ2n) is 6.59. The number of rotatable bonds is 7. The van der Waals surface area contributed by atoms with Gasteiger partial charge in [-0.05, 0) is 37.8 Å². The van der Waals surface area contributed by atoms with Crippen LogP contribution in [0.1, 0.15) is 40.2 Å². The number of carbonyl (C=O) groups is 2. The molecule has 144 valence electrons. The van der Waals surface area contributed by atoms with E-state index in [0.717, 1.165) is 17.7 Å². The molecule has 0 radical (unpaired) electrons.